The zero-order valence-corrected chi connectivity index (χ0v) is 22.8. The molecule has 0 aromatic heterocycles. The summed E-state index contributed by atoms with van der Waals surface area (Å²) in [6.07, 6.45) is 4.37. The van der Waals surface area contributed by atoms with E-state index >= 15 is 0 Å². The molecule has 0 saturated heterocycles. The van der Waals surface area contributed by atoms with Crippen molar-refractivity contribution < 1.29 is 69.6 Å². The summed E-state index contributed by atoms with van der Waals surface area (Å²) in [7, 11) is 0. The van der Waals surface area contributed by atoms with Crippen molar-refractivity contribution in [1.82, 2.24) is 21.5 Å². The third-order valence-corrected chi connectivity index (χ3v) is 5.33. The van der Waals surface area contributed by atoms with E-state index in [0.717, 1.165) is 0 Å². The highest BCUT2D eigenvalue weighted by molar-refractivity contribution is 5.85. The van der Waals surface area contributed by atoms with Crippen molar-refractivity contribution in [3.63, 3.8) is 0 Å². The smallest absolute Gasteiger partial charge is 0.332 e. The summed E-state index contributed by atoms with van der Waals surface area (Å²) in [4.78, 5) is 50.7. The summed E-state index contributed by atoms with van der Waals surface area (Å²) in [6.45, 7) is 1.72. The predicted molar refractivity (Wildman–Crippen MR) is 128 cm³/mol. The van der Waals surface area contributed by atoms with Gasteiger partial charge in [-0.2, -0.15) is 0 Å². The second-order valence-corrected chi connectivity index (χ2v) is 8.70. The fourth-order valence-electron chi connectivity index (χ4n) is 3.32. The van der Waals surface area contributed by atoms with Gasteiger partial charge in [-0.05, 0) is 51.9 Å². The van der Waals surface area contributed by atoms with Crippen molar-refractivity contribution in [3.05, 3.63) is 0 Å². The predicted octanol–water partition coefficient (Wildman–Crippen LogP) is 1.66. The van der Waals surface area contributed by atoms with Gasteiger partial charge in [0, 0.05) is 12.8 Å². The molecule has 7 N–H and O–H groups in total. The Kier molecular flexibility index (Phi) is 23.4. The highest BCUT2D eigenvalue weighted by Gasteiger charge is 2.31. The van der Waals surface area contributed by atoms with E-state index in [9.17, 15) is 14.4 Å². The number of carbonyl (C=O) groups is 3. The van der Waals surface area contributed by atoms with Gasteiger partial charge in [-0.1, -0.05) is 19.3 Å². The van der Waals surface area contributed by atoms with Crippen LogP contribution in [0.3, 0.4) is 0 Å². The molecule has 1 amide bonds. The van der Waals surface area contributed by atoms with Crippen LogP contribution in [0.4, 0.5) is 0 Å². The number of ether oxygens (including phenoxy) is 2. The Morgan fingerprint density at radius 2 is 1.05 bits per heavy atom. The lowest BCUT2D eigenvalue weighted by Gasteiger charge is -2.24. The van der Waals surface area contributed by atoms with Crippen LogP contribution in [0, 0.1) is 0 Å². The van der Waals surface area contributed by atoms with Gasteiger partial charge in [0.1, 0.15) is 6.10 Å². The number of rotatable bonds is 26. The van der Waals surface area contributed by atoms with E-state index in [-0.39, 0.29) is 44.7 Å². The first-order valence-corrected chi connectivity index (χ1v) is 13.1. The third-order valence-electron chi connectivity index (χ3n) is 5.33. The molecule has 0 heterocycles. The Balaban J connectivity index is 4.64. The van der Waals surface area contributed by atoms with E-state index in [1.54, 1.807) is 0 Å². The molecule has 0 fully saturated rings. The second-order valence-electron chi connectivity index (χ2n) is 8.70. The van der Waals surface area contributed by atoms with Gasteiger partial charge in [-0.25, -0.2) is 4.79 Å². The van der Waals surface area contributed by atoms with Crippen LogP contribution in [-0.4, -0.2) is 104 Å². The molecule has 0 radical (unpaired) electrons. The van der Waals surface area contributed by atoms with Crippen molar-refractivity contribution >= 4 is 17.8 Å². The molecule has 0 aromatic carbocycles. The monoisotopic (exact) mass is 588 g/mol. The molecular formula is C22H44N4O14. The van der Waals surface area contributed by atoms with Crippen LogP contribution < -0.4 is 5.32 Å². The van der Waals surface area contributed by atoms with Crippen molar-refractivity contribution in [2.45, 2.75) is 96.1 Å². The van der Waals surface area contributed by atoms with Gasteiger partial charge in [-0.15, -0.1) is 0 Å². The number of unbranched alkanes of at least 4 members (excludes halogenated alkanes) is 7. The van der Waals surface area contributed by atoms with Crippen molar-refractivity contribution in [2.75, 3.05) is 26.4 Å². The van der Waals surface area contributed by atoms with Gasteiger partial charge >= 0.3 is 11.9 Å². The van der Waals surface area contributed by atoms with Crippen LogP contribution >= 0.6 is 0 Å². The molecule has 18 heteroatoms. The maximum atomic E-state index is 12.7. The average molecular weight is 589 g/mol. The maximum Gasteiger partial charge on any atom is 0.332 e. The van der Waals surface area contributed by atoms with Crippen LogP contribution in [0.25, 0.3) is 0 Å². The lowest BCUT2D eigenvalue weighted by molar-refractivity contribution is -0.492. The summed E-state index contributed by atoms with van der Waals surface area (Å²) in [5.74, 6) is -1.80. The van der Waals surface area contributed by atoms with Gasteiger partial charge in [0.2, 0.25) is 5.91 Å². The Hall–Kier alpha value is -2.07. The van der Waals surface area contributed by atoms with E-state index in [1.165, 1.54) is 6.92 Å². The molecule has 0 saturated carbocycles. The zero-order chi connectivity index (χ0) is 30.2. The lowest BCUT2D eigenvalue weighted by atomic mass is 10.1. The summed E-state index contributed by atoms with van der Waals surface area (Å²) < 4.78 is 10.6. The first-order valence-electron chi connectivity index (χ1n) is 13.1. The first-order chi connectivity index (χ1) is 19.0. The Bertz CT molecular complexity index is 671. The fraction of sp³-hybridized carbons (Fsp3) is 0.864. The van der Waals surface area contributed by atoms with E-state index in [4.69, 9.17) is 40.7 Å². The molecule has 0 rings (SSSR count). The number of nitrogens with zero attached hydrogens (tertiary/aromatic N) is 3. The number of hydrogen-bond donors (Lipinski definition) is 7. The third kappa shape index (κ3) is 23.8. The van der Waals surface area contributed by atoms with Crippen LogP contribution in [0.5, 0.6) is 0 Å². The van der Waals surface area contributed by atoms with Gasteiger partial charge in [0.25, 0.3) is 0 Å². The lowest BCUT2D eigenvalue weighted by Crippen LogP contribution is -2.50. The quantitative estimate of drug-likeness (QED) is 0.0431. The number of hydrogen-bond acceptors (Lipinski definition) is 17. The highest BCUT2D eigenvalue weighted by atomic mass is 17.1. The molecule has 2 atom stereocenters. The van der Waals surface area contributed by atoms with Crippen LogP contribution in [-0.2, 0) is 38.4 Å². The van der Waals surface area contributed by atoms with Crippen molar-refractivity contribution in [2.24, 2.45) is 0 Å². The van der Waals surface area contributed by atoms with Crippen LogP contribution in [0.15, 0.2) is 0 Å². The van der Waals surface area contributed by atoms with E-state index in [1.807, 2.05) is 0 Å². The standard InChI is InChI=1S/C22H44N4O14/c1-18(40-20(28)13-7-5-11-17-39-26(34)35)21(23-19(27)12-6-4-10-16-38-25(32)33)22(29)36-14-8-2-3-9-15-37-24(30)31/h18,21,30-35H,2-17H2,1H3,(H,23,27). The fourth-order valence-corrected chi connectivity index (χ4v) is 3.32. The number of esters is 2. The summed E-state index contributed by atoms with van der Waals surface area (Å²) in [5.41, 5.74) is 0. The van der Waals surface area contributed by atoms with Gasteiger partial charge in [-0.3, -0.25) is 55.3 Å². The molecule has 0 aromatic rings. The Morgan fingerprint density at radius 1 is 0.625 bits per heavy atom. The maximum absolute atomic E-state index is 12.7. The molecule has 18 nitrogen and oxygen atoms in total. The van der Waals surface area contributed by atoms with Gasteiger partial charge < -0.3 is 14.8 Å². The zero-order valence-electron chi connectivity index (χ0n) is 22.8. The molecule has 0 aliphatic carbocycles. The molecule has 0 spiro atoms. The molecule has 0 aliphatic heterocycles. The Morgan fingerprint density at radius 3 is 1.52 bits per heavy atom. The summed E-state index contributed by atoms with van der Waals surface area (Å²) in [6, 6.07) is -1.24. The molecule has 2 unspecified atom stereocenters. The minimum absolute atomic E-state index is 0.0389. The highest BCUT2D eigenvalue weighted by Crippen LogP contribution is 2.10. The summed E-state index contributed by atoms with van der Waals surface area (Å²) in [5, 5.41) is 52.2. The average Bonchev–Trinajstić information content (AvgIpc) is 2.87. The largest absolute Gasteiger partial charge is 0.464 e. The number of carbonyl (C=O) groups excluding carboxylic acids is 3. The number of nitrogens with one attached hydrogen (secondary N) is 1. The van der Waals surface area contributed by atoms with E-state index in [0.29, 0.717) is 64.2 Å². The van der Waals surface area contributed by atoms with Crippen LogP contribution in [0.2, 0.25) is 0 Å². The summed E-state index contributed by atoms with van der Waals surface area (Å²) >= 11 is 0. The number of amides is 1. The first kappa shape index (κ1) is 37.9. The van der Waals surface area contributed by atoms with E-state index < -0.39 is 40.8 Å². The minimum Gasteiger partial charge on any atom is -0.464 e. The van der Waals surface area contributed by atoms with Crippen molar-refractivity contribution in [3.8, 4) is 0 Å². The second kappa shape index (κ2) is 24.7. The normalized spacial score (nSPS) is 13.1. The molecular weight excluding hydrogens is 544 g/mol. The van der Waals surface area contributed by atoms with Crippen LogP contribution in [0.1, 0.15) is 84.0 Å². The topological polar surface area (TPSA) is 240 Å². The molecule has 0 aliphatic rings. The molecule has 0 bridgehead atoms. The molecule has 236 valence electrons. The SMILES string of the molecule is CC(OC(=O)CCCCCON(O)O)C(NC(=O)CCCCCON(O)O)C(=O)OCCCCCCON(O)O. The van der Waals surface area contributed by atoms with E-state index in [2.05, 4.69) is 19.8 Å². The minimum atomic E-state index is -1.24. The molecule has 40 heavy (non-hydrogen) atoms. The van der Waals surface area contributed by atoms with Gasteiger partial charge in [0.15, 0.2) is 6.04 Å². The Labute approximate surface area is 232 Å². The van der Waals surface area contributed by atoms with Crippen molar-refractivity contribution in [1.29, 1.82) is 0 Å². The van der Waals surface area contributed by atoms with Gasteiger partial charge in [0.05, 0.1) is 42.6 Å².